The second-order valence-corrected chi connectivity index (χ2v) is 5.64. The quantitative estimate of drug-likeness (QED) is 0.479. The molecule has 2 rings (SSSR count). The second kappa shape index (κ2) is 5.21. The van der Waals surface area contributed by atoms with Crippen LogP contribution < -0.4 is 5.32 Å². The third kappa shape index (κ3) is 2.54. The number of amides is 1. The van der Waals surface area contributed by atoms with Gasteiger partial charge in [-0.25, -0.2) is 0 Å². The number of aliphatic hydroxyl groups excluding tert-OH is 3. The van der Waals surface area contributed by atoms with E-state index in [0.717, 1.165) is 0 Å². The van der Waals surface area contributed by atoms with Gasteiger partial charge in [-0.05, 0) is 13.8 Å². The van der Waals surface area contributed by atoms with Crippen molar-refractivity contribution in [2.45, 2.75) is 56.7 Å². The summed E-state index contributed by atoms with van der Waals surface area (Å²) in [7, 11) is 0. The van der Waals surface area contributed by atoms with Crippen molar-refractivity contribution >= 4 is 5.91 Å². The molecule has 2 aliphatic rings. The van der Waals surface area contributed by atoms with Crippen LogP contribution in [0.4, 0.5) is 0 Å². The first-order chi connectivity index (χ1) is 9.24. The molecule has 0 aromatic rings. The first-order valence-corrected chi connectivity index (χ1v) is 6.45. The number of fused-ring (bicyclic) bond motifs is 1. The Morgan fingerprint density at radius 3 is 2.30 bits per heavy atom. The van der Waals surface area contributed by atoms with Crippen molar-refractivity contribution in [1.29, 1.82) is 0 Å². The highest BCUT2D eigenvalue weighted by Gasteiger charge is 2.61. The zero-order valence-electron chi connectivity index (χ0n) is 11.7. The molecule has 8 nitrogen and oxygen atoms in total. The van der Waals surface area contributed by atoms with Gasteiger partial charge in [0.1, 0.15) is 23.9 Å². The fourth-order valence-corrected chi connectivity index (χ4v) is 2.69. The van der Waals surface area contributed by atoms with Crippen molar-refractivity contribution in [3.05, 3.63) is 0 Å². The van der Waals surface area contributed by atoms with Crippen LogP contribution in [0.15, 0.2) is 0 Å². The molecule has 20 heavy (non-hydrogen) atoms. The molecule has 1 amide bonds. The van der Waals surface area contributed by atoms with E-state index in [2.05, 4.69) is 5.32 Å². The first kappa shape index (κ1) is 15.6. The normalized spacial score (nSPS) is 38.3. The molecule has 1 unspecified atom stereocenters. The molecule has 116 valence electrons. The van der Waals surface area contributed by atoms with Gasteiger partial charge in [0, 0.05) is 6.92 Å². The zero-order valence-corrected chi connectivity index (χ0v) is 11.7. The number of hydrogen-bond acceptors (Lipinski definition) is 7. The van der Waals surface area contributed by atoms with Crippen molar-refractivity contribution in [2.75, 3.05) is 13.2 Å². The molecule has 2 fully saturated rings. The monoisotopic (exact) mass is 291 g/mol. The van der Waals surface area contributed by atoms with Gasteiger partial charge >= 0.3 is 0 Å². The molecular weight excluding hydrogens is 270 g/mol. The maximum Gasteiger partial charge on any atom is 0.217 e. The van der Waals surface area contributed by atoms with Crippen molar-refractivity contribution < 1.29 is 34.3 Å². The molecule has 0 saturated carbocycles. The number of ether oxygens (including phenoxy) is 3. The van der Waals surface area contributed by atoms with Gasteiger partial charge in [-0.15, -0.1) is 0 Å². The van der Waals surface area contributed by atoms with E-state index in [0.29, 0.717) is 0 Å². The molecule has 2 saturated heterocycles. The van der Waals surface area contributed by atoms with Crippen molar-refractivity contribution in [3.63, 3.8) is 0 Å². The van der Waals surface area contributed by atoms with Crippen LogP contribution in [0.3, 0.4) is 0 Å². The molecule has 0 aliphatic carbocycles. The summed E-state index contributed by atoms with van der Waals surface area (Å²) in [6.07, 6.45) is -2.97. The fourth-order valence-electron chi connectivity index (χ4n) is 2.69. The lowest BCUT2D eigenvalue weighted by Gasteiger charge is -2.46. The van der Waals surface area contributed by atoms with Crippen LogP contribution in [-0.4, -0.2) is 70.4 Å². The molecule has 0 bridgehead atoms. The number of nitrogens with one attached hydrogen (secondary N) is 1. The predicted octanol–water partition coefficient (Wildman–Crippen LogP) is -1.92. The van der Waals surface area contributed by atoms with E-state index in [-0.39, 0.29) is 5.91 Å². The van der Waals surface area contributed by atoms with Gasteiger partial charge in [0.05, 0.1) is 13.2 Å². The Morgan fingerprint density at radius 2 is 1.80 bits per heavy atom. The minimum absolute atomic E-state index is 0.356. The lowest BCUT2D eigenvalue weighted by molar-refractivity contribution is -0.291. The van der Waals surface area contributed by atoms with Gasteiger partial charge in [0.2, 0.25) is 5.91 Å². The maximum atomic E-state index is 11.2. The predicted molar refractivity (Wildman–Crippen MR) is 65.4 cm³/mol. The van der Waals surface area contributed by atoms with Crippen LogP contribution in [-0.2, 0) is 19.0 Å². The minimum Gasteiger partial charge on any atom is -0.393 e. The van der Waals surface area contributed by atoms with E-state index in [9.17, 15) is 20.1 Å². The molecular formula is C12H21NO7. The minimum atomic E-state index is -1.48. The van der Waals surface area contributed by atoms with Gasteiger partial charge in [-0.2, -0.15) is 0 Å². The third-order valence-corrected chi connectivity index (χ3v) is 3.57. The van der Waals surface area contributed by atoms with Gasteiger partial charge in [0.15, 0.2) is 12.1 Å². The van der Waals surface area contributed by atoms with E-state index in [4.69, 9.17) is 14.2 Å². The summed E-state index contributed by atoms with van der Waals surface area (Å²) in [5.74, 6) is -1.33. The summed E-state index contributed by atoms with van der Waals surface area (Å²) in [6, 6.07) is -0.842. The molecule has 0 aromatic heterocycles. The second-order valence-electron chi connectivity index (χ2n) is 5.64. The van der Waals surface area contributed by atoms with E-state index in [1.807, 2.05) is 0 Å². The summed E-state index contributed by atoms with van der Waals surface area (Å²) in [5, 5.41) is 31.6. The Balaban J connectivity index is 2.33. The van der Waals surface area contributed by atoms with Crippen LogP contribution in [0, 0.1) is 0 Å². The molecule has 2 aliphatic heterocycles. The first-order valence-electron chi connectivity index (χ1n) is 6.45. The molecule has 4 N–H and O–H groups in total. The summed E-state index contributed by atoms with van der Waals surface area (Å²) in [5.41, 5.74) is -1.48. The van der Waals surface area contributed by atoms with Crippen LogP contribution in [0.2, 0.25) is 0 Å². The van der Waals surface area contributed by atoms with Crippen LogP contribution in [0.5, 0.6) is 0 Å². The highest BCUT2D eigenvalue weighted by atomic mass is 16.8. The Labute approximate surface area is 116 Å². The Kier molecular flexibility index (Phi) is 4.07. The summed E-state index contributed by atoms with van der Waals surface area (Å²) in [6.45, 7) is 3.55. The van der Waals surface area contributed by atoms with E-state index < -0.39 is 49.1 Å². The van der Waals surface area contributed by atoms with Crippen LogP contribution in [0.25, 0.3) is 0 Å². The lowest BCUT2D eigenvalue weighted by Crippen LogP contribution is -2.69. The standard InChI is InChI=1S/C12H21NO7/c1-6(16)13-7-8-9(19-11(2,3)18-8)12(4-14,5-15)20-10(7)17/h7-10,14-15,17H,4-5H2,1-3H3,(H,13,16)/t7-,8+,9+,10?/m0/s1. The number of hydrogen-bond donors (Lipinski definition) is 4. The largest absolute Gasteiger partial charge is 0.393 e. The lowest BCUT2D eigenvalue weighted by atomic mass is 9.86. The fraction of sp³-hybridized carbons (Fsp3) is 0.917. The highest BCUT2D eigenvalue weighted by Crippen LogP contribution is 2.41. The highest BCUT2D eigenvalue weighted by molar-refractivity contribution is 5.73. The topological polar surface area (TPSA) is 117 Å². The molecule has 0 radical (unpaired) electrons. The Hall–Kier alpha value is -0.770. The van der Waals surface area contributed by atoms with Crippen LogP contribution >= 0.6 is 0 Å². The summed E-state index contributed by atoms with van der Waals surface area (Å²) >= 11 is 0. The van der Waals surface area contributed by atoms with Crippen molar-refractivity contribution in [2.24, 2.45) is 0 Å². The van der Waals surface area contributed by atoms with Crippen molar-refractivity contribution in [1.82, 2.24) is 5.32 Å². The van der Waals surface area contributed by atoms with Crippen LogP contribution in [0.1, 0.15) is 20.8 Å². The molecule has 2 heterocycles. The van der Waals surface area contributed by atoms with Gasteiger partial charge in [-0.1, -0.05) is 0 Å². The zero-order chi connectivity index (χ0) is 15.1. The average molecular weight is 291 g/mol. The van der Waals surface area contributed by atoms with Gasteiger partial charge < -0.3 is 34.8 Å². The van der Waals surface area contributed by atoms with Crippen molar-refractivity contribution in [3.8, 4) is 0 Å². The summed E-state index contributed by atoms with van der Waals surface area (Å²) in [4.78, 5) is 11.2. The molecule has 8 heteroatoms. The Morgan fingerprint density at radius 1 is 1.20 bits per heavy atom. The number of aliphatic hydroxyl groups is 3. The molecule has 0 spiro atoms. The maximum absolute atomic E-state index is 11.2. The van der Waals surface area contributed by atoms with E-state index in [1.54, 1.807) is 13.8 Å². The van der Waals surface area contributed by atoms with Gasteiger partial charge in [-0.3, -0.25) is 4.79 Å². The number of carbonyl (C=O) groups excluding carboxylic acids is 1. The smallest absolute Gasteiger partial charge is 0.217 e. The van der Waals surface area contributed by atoms with Gasteiger partial charge in [0.25, 0.3) is 0 Å². The SMILES string of the molecule is CC(=O)N[C@@H]1C(O)OC(CO)(CO)[C@@H]2OC(C)(C)O[C@H]12. The third-order valence-electron chi connectivity index (χ3n) is 3.57. The number of carbonyl (C=O) groups is 1. The molecule has 0 aromatic carbocycles. The summed E-state index contributed by atoms with van der Waals surface area (Å²) < 4.78 is 16.7. The molecule has 4 atom stereocenters. The number of rotatable bonds is 3. The average Bonchev–Trinajstić information content (AvgIpc) is 2.68. The van der Waals surface area contributed by atoms with E-state index in [1.165, 1.54) is 6.92 Å². The Bertz CT molecular complexity index is 382. The van der Waals surface area contributed by atoms with E-state index >= 15 is 0 Å².